The van der Waals surface area contributed by atoms with Crippen LogP contribution >= 0.6 is 0 Å². The van der Waals surface area contributed by atoms with Gasteiger partial charge in [-0.05, 0) is 49.2 Å². The molecule has 0 atom stereocenters. The highest BCUT2D eigenvalue weighted by Gasteiger charge is 2.24. The fourth-order valence-electron chi connectivity index (χ4n) is 3.62. The Labute approximate surface area is 189 Å². The number of benzene rings is 1. The van der Waals surface area contributed by atoms with Crippen molar-refractivity contribution < 1.29 is 9.52 Å². The van der Waals surface area contributed by atoms with Gasteiger partial charge in [0.25, 0.3) is 0 Å². The second-order valence-electron chi connectivity index (χ2n) is 8.00. The zero-order chi connectivity index (χ0) is 22.8. The number of carbonyl (C=O) groups is 1. The minimum atomic E-state index is -0.189. The van der Waals surface area contributed by atoms with Gasteiger partial charge in [-0.25, -0.2) is 4.98 Å². The van der Waals surface area contributed by atoms with E-state index in [0.29, 0.717) is 26.9 Å². The first-order valence-corrected chi connectivity index (χ1v) is 10.7. The molecule has 0 saturated heterocycles. The number of fused-ring (bicyclic) bond motifs is 1. The van der Waals surface area contributed by atoms with Crippen molar-refractivity contribution in [3.8, 4) is 17.5 Å². The van der Waals surface area contributed by atoms with E-state index < -0.39 is 0 Å². The van der Waals surface area contributed by atoms with Gasteiger partial charge in [0.15, 0.2) is 17.8 Å². The maximum Gasteiger partial charge on any atom is 0.224 e. The Hall–Kier alpha value is -4.44. The van der Waals surface area contributed by atoms with E-state index in [4.69, 9.17) is 0 Å². The van der Waals surface area contributed by atoms with Crippen LogP contribution in [-0.4, -0.2) is 21.5 Å². The fourth-order valence-corrected chi connectivity index (χ4v) is 3.62. The monoisotopic (exact) mass is 436 g/mol. The predicted molar refractivity (Wildman–Crippen MR) is 124 cm³/mol. The van der Waals surface area contributed by atoms with Crippen LogP contribution in [-0.2, 0) is 11.2 Å². The Morgan fingerprint density at radius 1 is 1.15 bits per heavy atom. The van der Waals surface area contributed by atoms with E-state index in [0.717, 1.165) is 24.1 Å². The van der Waals surface area contributed by atoms with Crippen LogP contribution in [0, 0.1) is 17.0 Å². The first-order chi connectivity index (χ1) is 16.1. The number of hydrogen-bond acceptors (Lipinski definition) is 4. The van der Waals surface area contributed by atoms with Crippen molar-refractivity contribution in [1.29, 1.82) is 0 Å². The van der Waals surface area contributed by atoms with Crippen molar-refractivity contribution in [3.63, 3.8) is 0 Å². The molecule has 3 aromatic heterocycles. The third-order valence-electron chi connectivity index (χ3n) is 5.38. The summed E-state index contributed by atoms with van der Waals surface area (Å²) in [5.41, 5.74) is 2.85. The number of rotatable bonds is 4. The number of nitrogens with zero attached hydrogens (tertiary/aromatic N) is 3. The highest BCUT2D eigenvalue weighted by atomic mass is 16.5. The summed E-state index contributed by atoms with van der Waals surface area (Å²) in [5.74, 6) is 5.91. The summed E-state index contributed by atoms with van der Waals surface area (Å²) >= 11 is 0. The lowest BCUT2D eigenvalue weighted by molar-refractivity contribution is -0.605. The minimum Gasteiger partial charge on any atom is -0.619 e. The maximum absolute atomic E-state index is 13.0. The normalized spacial score (nSPS) is 12.7. The van der Waals surface area contributed by atoms with E-state index in [1.54, 1.807) is 36.7 Å². The second-order valence-corrected chi connectivity index (χ2v) is 8.00. The lowest BCUT2D eigenvalue weighted by Gasteiger charge is -2.13. The van der Waals surface area contributed by atoms with Crippen LogP contribution in [0.15, 0.2) is 78.1 Å². The van der Waals surface area contributed by atoms with E-state index in [1.807, 2.05) is 28.8 Å². The number of pyridine rings is 3. The Balaban J connectivity index is 1.55. The molecular formula is C26H20N4O3. The van der Waals surface area contributed by atoms with Crippen LogP contribution in [0.4, 0.5) is 0 Å². The molecule has 7 heteroatoms. The Kier molecular flexibility index (Phi) is 5.33. The van der Waals surface area contributed by atoms with Gasteiger partial charge in [0.05, 0.1) is 17.4 Å². The van der Waals surface area contributed by atoms with Crippen molar-refractivity contribution in [2.24, 2.45) is 0 Å². The molecule has 3 heterocycles. The van der Waals surface area contributed by atoms with E-state index >= 15 is 0 Å². The van der Waals surface area contributed by atoms with Gasteiger partial charge in [0.1, 0.15) is 5.65 Å². The largest absolute Gasteiger partial charge is 0.619 e. The summed E-state index contributed by atoms with van der Waals surface area (Å²) < 4.78 is 2.52. The Morgan fingerprint density at radius 3 is 2.79 bits per heavy atom. The third-order valence-corrected chi connectivity index (χ3v) is 5.38. The van der Waals surface area contributed by atoms with Crippen LogP contribution in [0.3, 0.4) is 0 Å². The smallest absolute Gasteiger partial charge is 0.224 e. The van der Waals surface area contributed by atoms with E-state index in [9.17, 15) is 14.8 Å². The molecule has 33 heavy (non-hydrogen) atoms. The number of amides is 1. The topological polar surface area (TPSA) is 90.9 Å². The van der Waals surface area contributed by atoms with Crippen molar-refractivity contribution in [3.05, 3.63) is 105 Å². The zero-order valence-corrected chi connectivity index (χ0v) is 17.7. The van der Waals surface area contributed by atoms with Gasteiger partial charge in [-0.3, -0.25) is 9.59 Å². The zero-order valence-electron chi connectivity index (χ0n) is 17.7. The number of nitrogens with one attached hydrogen (secondary N) is 1. The van der Waals surface area contributed by atoms with E-state index in [1.165, 1.54) is 12.4 Å². The maximum atomic E-state index is 13.0. The summed E-state index contributed by atoms with van der Waals surface area (Å²) in [6, 6.07) is 14.6. The number of hydrogen-bond donors (Lipinski definition) is 1. The molecule has 1 aromatic carbocycles. The summed E-state index contributed by atoms with van der Waals surface area (Å²) in [6.45, 7) is 0. The molecule has 1 aliphatic carbocycles. The number of aromatic nitrogens is 3. The van der Waals surface area contributed by atoms with Gasteiger partial charge < -0.3 is 15.1 Å². The molecule has 7 nitrogen and oxygen atoms in total. The van der Waals surface area contributed by atoms with Gasteiger partial charge in [-0.2, -0.15) is 4.73 Å². The molecule has 162 valence electrons. The average molecular weight is 436 g/mol. The van der Waals surface area contributed by atoms with Crippen molar-refractivity contribution in [1.82, 2.24) is 14.9 Å². The summed E-state index contributed by atoms with van der Waals surface area (Å²) in [7, 11) is 0. The lowest BCUT2D eigenvalue weighted by Crippen LogP contribution is -2.29. The summed E-state index contributed by atoms with van der Waals surface area (Å²) in [6.07, 6.45) is 8.14. The highest BCUT2D eigenvalue weighted by molar-refractivity contribution is 5.82. The molecule has 0 spiro atoms. The van der Waals surface area contributed by atoms with Crippen LogP contribution in [0.1, 0.15) is 29.5 Å². The molecule has 0 bridgehead atoms. The van der Waals surface area contributed by atoms with Gasteiger partial charge >= 0.3 is 0 Å². The lowest BCUT2D eigenvalue weighted by atomic mass is 10.1. The van der Waals surface area contributed by atoms with Crippen molar-refractivity contribution >= 4 is 16.9 Å². The van der Waals surface area contributed by atoms with E-state index in [2.05, 4.69) is 22.1 Å². The van der Waals surface area contributed by atoms with Crippen molar-refractivity contribution in [2.75, 3.05) is 0 Å². The second kappa shape index (κ2) is 8.60. The minimum absolute atomic E-state index is 0.0167. The quantitative estimate of drug-likeness (QED) is 0.302. The van der Waals surface area contributed by atoms with Crippen LogP contribution in [0.5, 0.6) is 0 Å². The first kappa shape index (κ1) is 20.5. The molecule has 1 amide bonds. The molecule has 1 fully saturated rings. The predicted octanol–water partition coefficient (Wildman–Crippen LogP) is 2.24. The molecule has 0 radical (unpaired) electrons. The Morgan fingerprint density at radius 2 is 1.97 bits per heavy atom. The van der Waals surface area contributed by atoms with E-state index in [-0.39, 0.29) is 23.8 Å². The summed E-state index contributed by atoms with van der Waals surface area (Å²) in [4.78, 5) is 29.8. The molecule has 1 N–H and O–H groups in total. The summed E-state index contributed by atoms with van der Waals surface area (Å²) in [5, 5.41) is 14.8. The van der Waals surface area contributed by atoms with Crippen LogP contribution in [0.25, 0.3) is 16.7 Å². The van der Waals surface area contributed by atoms with Crippen LogP contribution < -0.4 is 15.5 Å². The molecule has 0 aliphatic heterocycles. The first-order valence-electron chi connectivity index (χ1n) is 10.7. The SMILES string of the molecule is O=C(Cc1cn(-c2cccc(C#Cc3ccc[n+]([O-])c3)c2)c2ncccc2c1=O)NC1CC1. The number of carbonyl (C=O) groups excluding carboxylic acids is 1. The molecule has 1 aliphatic rings. The highest BCUT2D eigenvalue weighted by Crippen LogP contribution is 2.20. The Bertz CT molecular complexity index is 1490. The molecule has 4 aromatic rings. The van der Waals surface area contributed by atoms with Gasteiger partial charge in [-0.1, -0.05) is 17.9 Å². The standard InChI is InChI=1S/C26H20N4O3/c31-24(28-21-10-11-21)15-20-17-30(26-23(25(20)32)7-2-12-27-26)22-6-1-4-18(14-22)8-9-19-5-3-13-29(33)16-19/h1-7,12-14,16-17,21H,10-11,15H2,(H,28,31). The van der Waals surface area contributed by atoms with Crippen LogP contribution in [0.2, 0.25) is 0 Å². The molecule has 1 saturated carbocycles. The third kappa shape index (κ3) is 4.60. The fraction of sp³-hybridized carbons (Fsp3) is 0.154. The van der Waals surface area contributed by atoms with Gasteiger partial charge in [0, 0.05) is 41.3 Å². The van der Waals surface area contributed by atoms with Crippen molar-refractivity contribution in [2.45, 2.75) is 25.3 Å². The molecule has 5 rings (SSSR count). The molecular weight excluding hydrogens is 416 g/mol. The molecule has 0 unspecified atom stereocenters. The van der Waals surface area contributed by atoms with Gasteiger partial charge in [0.2, 0.25) is 5.91 Å². The average Bonchev–Trinajstić information content (AvgIpc) is 3.64. The van der Waals surface area contributed by atoms with Gasteiger partial charge in [-0.15, -0.1) is 0 Å².